The molecule has 0 bridgehead atoms. The predicted molar refractivity (Wildman–Crippen MR) is 81.7 cm³/mol. The fourth-order valence-corrected chi connectivity index (χ4v) is 2.43. The SMILES string of the molecule is CC(C)Cn1ncnc1CC(N)c1cc2ccccc2o1. The van der Waals surface area contributed by atoms with E-state index in [1.165, 1.54) is 0 Å². The van der Waals surface area contributed by atoms with Gasteiger partial charge in [0.05, 0.1) is 6.04 Å². The van der Waals surface area contributed by atoms with Crippen LogP contribution in [0, 0.1) is 5.92 Å². The highest BCUT2D eigenvalue weighted by atomic mass is 16.3. The van der Waals surface area contributed by atoms with E-state index in [4.69, 9.17) is 10.2 Å². The zero-order valence-corrected chi connectivity index (χ0v) is 12.4. The summed E-state index contributed by atoms with van der Waals surface area (Å²) in [6.45, 7) is 5.16. The van der Waals surface area contributed by atoms with Gasteiger partial charge in [0.25, 0.3) is 0 Å². The first-order valence-electron chi connectivity index (χ1n) is 7.24. The first-order valence-corrected chi connectivity index (χ1v) is 7.24. The Morgan fingerprint density at radius 3 is 2.86 bits per heavy atom. The zero-order chi connectivity index (χ0) is 14.8. The Balaban J connectivity index is 1.79. The predicted octanol–water partition coefficient (Wildman–Crippen LogP) is 2.92. The van der Waals surface area contributed by atoms with Crippen molar-refractivity contribution in [3.63, 3.8) is 0 Å². The number of benzene rings is 1. The number of hydrogen-bond donors (Lipinski definition) is 1. The first-order chi connectivity index (χ1) is 10.1. The molecule has 21 heavy (non-hydrogen) atoms. The number of aromatic nitrogens is 3. The lowest BCUT2D eigenvalue weighted by Crippen LogP contribution is -2.18. The Kier molecular flexibility index (Phi) is 3.75. The summed E-state index contributed by atoms with van der Waals surface area (Å²) < 4.78 is 7.74. The number of para-hydroxylation sites is 1. The number of nitrogens with zero attached hydrogens (tertiary/aromatic N) is 3. The summed E-state index contributed by atoms with van der Waals surface area (Å²) in [6, 6.07) is 9.71. The standard InChI is InChI=1S/C16H20N4O/c1-11(2)9-20-16(18-10-19-20)8-13(17)15-7-12-5-3-4-6-14(12)21-15/h3-7,10-11,13H,8-9,17H2,1-2H3. The van der Waals surface area contributed by atoms with Crippen LogP contribution < -0.4 is 5.73 Å². The van der Waals surface area contributed by atoms with E-state index in [1.54, 1.807) is 6.33 Å². The molecular formula is C16H20N4O. The Morgan fingerprint density at radius 2 is 2.10 bits per heavy atom. The molecule has 1 aromatic carbocycles. The van der Waals surface area contributed by atoms with Crippen LogP contribution in [0.3, 0.4) is 0 Å². The monoisotopic (exact) mass is 284 g/mol. The normalized spacial score (nSPS) is 13.1. The molecular weight excluding hydrogens is 264 g/mol. The summed E-state index contributed by atoms with van der Waals surface area (Å²) in [5.41, 5.74) is 7.14. The molecule has 0 aliphatic carbocycles. The van der Waals surface area contributed by atoms with E-state index < -0.39 is 0 Å². The lowest BCUT2D eigenvalue weighted by molar-refractivity contribution is 0.443. The molecule has 0 amide bonds. The third-order valence-electron chi connectivity index (χ3n) is 3.45. The largest absolute Gasteiger partial charge is 0.459 e. The molecule has 0 radical (unpaired) electrons. The van der Waals surface area contributed by atoms with E-state index >= 15 is 0 Å². The molecule has 0 aliphatic rings. The molecule has 3 aromatic rings. The highest BCUT2D eigenvalue weighted by Gasteiger charge is 2.16. The molecule has 3 rings (SSSR count). The Labute approximate surface area is 123 Å². The molecule has 0 aliphatic heterocycles. The van der Waals surface area contributed by atoms with Gasteiger partial charge in [0, 0.05) is 18.4 Å². The van der Waals surface area contributed by atoms with Crippen LogP contribution in [-0.4, -0.2) is 14.8 Å². The molecule has 2 aromatic heterocycles. The van der Waals surface area contributed by atoms with E-state index in [-0.39, 0.29) is 6.04 Å². The van der Waals surface area contributed by atoms with Crippen molar-refractivity contribution >= 4 is 11.0 Å². The number of rotatable bonds is 5. The quantitative estimate of drug-likeness (QED) is 0.782. The van der Waals surface area contributed by atoms with Gasteiger partial charge in [-0.3, -0.25) is 0 Å². The van der Waals surface area contributed by atoms with Gasteiger partial charge in [0.2, 0.25) is 0 Å². The summed E-state index contributed by atoms with van der Waals surface area (Å²) in [5.74, 6) is 2.21. The van der Waals surface area contributed by atoms with E-state index in [1.807, 2.05) is 35.0 Å². The van der Waals surface area contributed by atoms with Crippen LogP contribution in [0.2, 0.25) is 0 Å². The Bertz CT molecular complexity index is 696. The molecule has 1 atom stereocenters. The maximum atomic E-state index is 6.27. The summed E-state index contributed by atoms with van der Waals surface area (Å²) in [5, 5.41) is 5.34. The number of fused-ring (bicyclic) bond motifs is 1. The van der Waals surface area contributed by atoms with Gasteiger partial charge in [0.15, 0.2) is 0 Å². The molecule has 110 valence electrons. The molecule has 2 N–H and O–H groups in total. The van der Waals surface area contributed by atoms with Gasteiger partial charge in [-0.25, -0.2) is 9.67 Å². The van der Waals surface area contributed by atoms with E-state index in [0.29, 0.717) is 12.3 Å². The van der Waals surface area contributed by atoms with Crippen molar-refractivity contribution in [2.75, 3.05) is 0 Å². The summed E-state index contributed by atoms with van der Waals surface area (Å²) in [4.78, 5) is 4.32. The Hall–Kier alpha value is -2.14. The fraction of sp³-hybridized carbons (Fsp3) is 0.375. The minimum absolute atomic E-state index is 0.215. The van der Waals surface area contributed by atoms with Crippen molar-refractivity contribution in [2.24, 2.45) is 11.7 Å². The molecule has 5 heteroatoms. The van der Waals surface area contributed by atoms with Crippen molar-refractivity contribution in [1.82, 2.24) is 14.8 Å². The molecule has 0 fully saturated rings. The summed E-state index contributed by atoms with van der Waals surface area (Å²) in [6.07, 6.45) is 2.20. The van der Waals surface area contributed by atoms with Gasteiger partial charge in [-0.05, 0) is 18.1 Å². The van der Waals surface area contributed by atoms with Gasteiger partial charge in [-0.15, -0.1) is 0 Å². The molecule has 0 saturated heterocycles. The Morgan fingerprint density at radius 1 is 1.29 bits per heavy atom. The van der Waals surface area contributed by atoms with Crippen molar-refractivity contribution in [1.29, 1.82) is 0 Å². The molecule has 5 nitrogen and oxygen atoms in total. The highest BCUT2D eigenvalue weighted by Crippen LogP contribution is 2.24. The van der Waals surface area contributed by atoms with Gasteiger partial charge in [-0.1, -0.05) is 32.0 Å². The van der Waals surface area contributed by atoms with E-state index in [2.05, 4.69) is 23.9 Å². The lowest BCUT2D eigenvalue weighted by Gasteiger charge is -2.11. The second-order valence-electron chi connectivity index (χ2n) is 5.75. The van der Waals surface area contributed by atoms with Crippen LogP contribution >= 0.6 is 0 Å². The molecule has 0 spiro atoms. The van der Waals surface area contributed by atoms with E-state index in [0.717, 1.165) is 29.1 Å². The average molecular weight is 284 g/mol. The van der Waals surface area contributed by atoms with Gasteiger partial charge in [0.1, 0.15) is 23.5 Å². The van der Waals surface area contributed by atoms with Crippen molar-refractivity contribution in [2.45, 2.75) is 32.9 Å². The number of hydrogen-bond acceptors (Lipinski definition) is 4. The topological polar surface area (TPSA) is 69.9 Å². The zero-order valence-electron chi connectivity index (χ0n) is 12.4. The lowest BCUT2D eigenvalue weighted by atomic mass is 10.1. The maximum absolute atomic E-state index is 6.27. The van der Waals surface area contributed by atoms with Crippen LogP contribution in [0.15, 0.2) is 41.1 Å². The average Bonchev–Trinajstić information content (AvgIpc) is 3.05. The maximum Gasteiger partial charge on any atom is 0.138 e. The fourth-order valence-electron chi connectivity index (χ4n) is 2.43. The number of furan rings is 1. The van der Waals surface area contributed by atoms with Gasteiger partial charge >= 0.3 is 0 Å². The van der Waals surface area contributed by atoms with Crippen molar-refractivity contribution in [3.05, 3.63) is 48.2 Å². The summed E-state index contributed by atoms with van der Waals surface area (Å²) >= 11 is 0. The molecule has 0 saturated carbocycles. The van der Waals surface area contributed by atoms with Gasteiger partial charge < -0.3 is 10.2 Å². The minimum atomic E-state index is -0.215. The minimum Gasteiger partial charge on any atom is -0.459 e. The van der Waals surface area contributed by atoms with E-state index in [9.17, 15) is 0 Å². The highest BCUT2D eigenvalue weighted by molar-refractivity contribution is 5.77. The first kappa shape index (κ1) is 13.8. The smallest absolute Gasteiger partial charge is 0.138 e. The summed E-state index contributed by atoms with van der Waals surface area (Å²) in [7, 11) is 0. The van der Waals surface area contributed by atoms with Crippen molar-refractivity contribution in [3.8, 4) is 0 Å². The van der Waals surface area contributed by atoms with Crippen LogP contribution in [0.25, 0.3) is 11.0 Å². The van der Waals surface area contributed by atoms with Crippen molar-refractivity contribution < 1.29 is 4.42 Å². The second kappa shape index (κ2) is 5.69. The van der Waals surface area contributed by atoms with Gasteiger partial charge in [-0.2, -0.15) is 5.10 Å². The molecule has 1 unspecified atom stereocenters. The number of nitrogens with two attached hydrogens (primary N) is 1. The van der Waals surface area contributed by atoms with Crippen LogP contribution in [0.4, 0.5) is 0 Å². The van der Waals surface area contributed by atoms with Crippen LogP contribution in [0.5, 0.6) is 0 Å². The third-order valence-corrected chi connectivity index (χ3v) is 3.45. The van der Waals surface area contributed by atoms with Crippen LogP contribution in [-0.2, 0) is 13.0 Å². The van der Waals surface area contributed by atoms with Crippen LogP contribution in [0.1, 0.15) is 31.5 Å². The second-order valence-corrected chi connectivity index (χ2v) is 5.75. The molecule has 2 heterocycles. The third kappa shape index (κ3) is 2.97.